The van der Waals surface area contributed by atoms with E-state index < -0.39 is 33.4 Å². The number of anilines is 1. The molecule has 0 unspecified atom stereocenters. The van der Waals surface area contributed by atoms with Crippen molar-refractivity contribution in [1.29, 1.82) is 0 Å². The van der Waals surface area contributed by atoms with Crippen molar-refractivity contribution in [3.05, 3.63) is 65.9 Å². The Morgan fingerprint density at radius 3 is 2.57 bits per heavy atom. The predicted molar refractivity (Wildman–Crippen MR) is 134 cm³/mol. The summed E-state index contributed by atoms with van der Waals surface area (Å²) in [5.41, 5.74) is 2.54. The molecule has 4 saturated heterocycles. The summed E-state index contributed by atoms with van der Waals surface area (Å²) in [5.74, 6) is -0.906. The van der Waals surface area contributed by atoms with E-state index in [0.717, 1.165) is 27.7 Å². The third kappa shape index (κ3) is 2.17. The summed E-state index contributed by atoms with van der Waals surface area (Å²) in [6.07, 6.45) is 0.341. The van der Waals surface area contributed by atoms with Crippen molar-refractivity contribution in [2.45, 2.75) is 41.3 Å². The van der Waals surface area contributed by atoms with Crippen LogP contribution in [0.2, 0.25) is 0 Å². The van der Waals surface area contributed by atoms with Crippen molar-refractivity contribution in [3.8, 4) is 0 Å². The molecule has 2 aromatic carbocycles. The number of amides is 2. The second-order valence-corrected chi connectivity index (χ2v) is 12.3. The van der Waals surface area contributed by atoms with Crippen molar-refractivity contribution in [1.82, 2.24) is 14.8 Å². The number of nitrogens with one attached hydrogen (secondary N) is 2. The van der Waals surface area contributed by atoms with Gasteiger partial charge in [-0.05, 0) is 41.0 Å². The second kappa shape index (κ2) is 6.55. The van der Waals surface area contributed by atoms with Crippen LogP contribution in [-0.2, 0) is 24.5 Å². The third-order valence-electron chi connectivity index (χ3n) is 8.00. The van der Waals surface area contributed by atoms with Gasteiger partial charge in [0.25, 0.3) is 11.8 Å². The number of hydrogen-bond donors (Lipinski definition) is 2. The zero-order valence-electron chi connectivity index (χ0n) is 19.2. The molecule has 35 heavy (non-hydrogen) atoms. The van der Waals surface area contributed by atoms with E-state index in [2.05, 4.69) is 10.3 Å². The van der Waals surface area contributed by atoms with Gasteiger partial charge in [-0.1, -0.05) is 47.2 Å². The van der Waals surface area contributed by atoms with Gasteiger partial charge in [-0.2, -0.15) is 0 Å². The number of ether oxygens (including phenoxy) is 1. The van der Waals surface area contributed by atoms with Gasteiger partial charge in [-0.3, -0.25) is 19.3 Å². The molecule has 2 N–H and O–H groups in total. The average Bonchev–Trinajstić information content (AvgIpc) is 3.48. The SMILES string of the molecule is CC(=O)O[C@H]1[C@@]2(c3c[nH]c4ccccc34)c3ccccc3N[C@@H]2N2C(=O)[C@]3(C)SS[C@]12C(=O)N3C. The molecule has 8 rings (SSSR count). The zero-order chi connectivity index (χ0) is 24.3. The summed E-state index contributed by atoms with van der Waals surface area (Å²) < 4.78 is 6.18. The van der Waals surface area contributed by atoms with Crippen LogP contribution >= 0.6 is 21.6 Å². The number of aromatic nitrogens is 1. The van der Waals surface area contributed by atoms with Crippen LogP contribution in [0.5, 0.6) is 0 Å². The van der Waals surface area contributed by atoms with Crippen molar-refractivity contribution in [3.63, 3.8) is 0 Å². The molecule has 5 aliphatic rings. The summed E-state index contributed by atoms with van der Waals surface area (Å²) in [5, 5.41) is 4.52. The summed E-state index contributed by atoms with van der Waals surface area (Å²) in [6.45, 7) is 3.14. The molecule has 0 radical (unpaired) electrons. The highest BCUT2D eigenvalue weighted by molar-refractivity contribution is 8.78. The van der Waals surface area contributed by atoms with Crippen LogP contribution in [0, 0.1) is 0 Å². The Bertz CT molecular complexity index is 1470. The first-order chi connectivity index (χ1) is 16.8. The minimum absolute atomic E-state index is 0.174. The molecule has 8 nitrogen and oxygen atoms in total. The predicted octanol–water partition coefficient (Wildman–Crippen LogP) is 3.26. The fourth-order valence-corrected chi connectivity index (χ4v) is 9.97. The maximum atomic E-state index is 14.2. The lowest BCUT2D eigenvalue weighted by atomic mass is 9.70. The number of likely N-dealkylation sites (N-methyl/N-ethyl adjacent to an activating group) is 1. The third-order valence-corrected chi connectivity index (χ3v) is 11.7. The zero-order valence-corrected chi connectivity index (χ0v) is 20.8. The van der Waals surface area contributed by atoms with E-state index in [1.807, 2.05) is 54.7 Å². The molecule has 0 saturated carbocycles. The number of para-hydroxylation sites is 2. The van der Waals surface area contributed by atoms with Gasteiger partial charge >= 0.3 is 5.97 Å². The van der Waals surface area contributed by atoms with Gasteiger partial charge in [-0.15, -0.1) is 0 Å². The Labute approximate surface area is 209 Å². The maximum absolute atomic E-state index is 14.2. The first kappa shape index (κ1) is 21.2. The molecule has 1 aromatic heterocycles. The number of benzene rings is 2. The van der Waals surface area contributed by atoms with Crippen molar-refractivity contribution in [2.75, 3.05) is 12.4 Å². The van der Waals surface area contributed by atoms with Gasteiger partial charge in [0.15, 0.2) is 11.0 Å². The molecule has 0 aliphatic carbocycles. The number of hydrogen-bond acceptors (Lipinski definition) is 7. The first-order valence-corrected chi connectivity index (χ1v) is 13.5. The Balaban J connectivity index is 1.62. The lowest BCUT2D eigenvalue weighted by Gasteiger charge is -2.58. The van der Waals surface area contributed by atoms with Gasteiger partial charge in [-0.25, -0.2) is 0 Å². The van der Waals surface area contributed by atoms with E-state index in [1.165, 1.54) is 33.4 Å². The highest BCUT2D eigenvalue weighted by Crippen LogP contribution is 2.70. The molecule has 10 heteroatoms. The number of esters is 1. The largest absolute Gasteiger partial charge is 0.457 e. The number of carbonyl (C=O) groups excluding carboxylic acids is 3. The van der Waals surface area contributed by atoms with E-state index in [0.29, 0.717) is 0 Å². The summed E-state index contributed by atoms with van der Waals surface area (Å²) in [7, 11) is 4.35. The van der Waals surface area contributed by atoms with Crippen LogP contribution < -0.4 is 5.32 Å². The fraction of sp³-hybridized carbons (Fsp3) is 0.320. The molecule has 3 aromatic rings. The monoisotopic (exact) mass is 506 g/mol. The summed E-state index contributed by atoms with van der Waals surface area (Å²) in [4.78, 5) is 45.0. The molecular weight excluding hydrogens is 484 g/mol. The van der Waals surface area contributed by atoms with E-state index in [4.69, 9.17) is 4.74 Å². The first-order valence-electron chi connectivity index (χ1n) is 11.4. The van der Waals surface area contributed by atoms with Gasteiger partial charge in [0.1, 0.15) is 11.6 Å². The lowest BCUT2D eigenvalue weighted by molar-refractivity contribution is -0.170. The van der Waals surface area contributed by atoms with E-state index >= 15 is 0 Å². The normalized spacial score (nSPS) is 34.6. The van der Waals surface area contributed by atoms with Crippen LogP contribution in [0.25, 0.3) is 10.9 Å². The van der Waals surface area contributed by atoms with Crippen LogP contribution in [0.4, 0.5) is 5.69 Å². The van der Waals surface area contributed by atoms with Crippen LogP contribution in [-0.4, -0.2) is 61.6 Å². The molecule has 5 aliphatic heterocycles. The number of carbonyl (C=O) groups is 3. The molecule has 6 heterocycles. The van der Waals surface area contributed by atoms with E-state index in [1.54, 1.807) is 18.9 Å². The van der Waals surface area contributed by atoms with Crippen LogP contribution in [0.15, 0.2) is 54.7 Å². The van der Waals surface area contributed by atoms with E-state index in [-0.39, 0.29) is 11.8 Å². The Kier molecular flexibility index (Phi) is 3.97. The summed E-state index contributed by atoms with van der Waals surface area (Å²) in [6, 6.07) is 15.8. The Morgan fingerprint density at radius 2 is 1.77 bits per heavy atom. The summed E-state index contributed by atoms with van der Waals surface area (Å²) >= 11 is 0. The number of aromatic amines is 1. The Morgan fingerprint density at radius 1 is 1.03 bits per heavy atom. The molecule has 2 amide bonds. The molecule has 2 bridgehead atoms. The van der Waals surface area contributed by atoms with Gasteiger partial charge in [0.05, 0.1) is 0 Å². The number of rotatable bonds is 2. The maximum Gasteiger partial charge on any atom is 0.303 e. The molecule has 1 spiro atoms. The minimum Gasteiger partial charge on any atom is -0.457 e. The van der Waals surface area contributed by atoms with E-state index in [9.17, 15) is 14.4 Å². The molecule has 4 fully saturated rings. The smallest absolute Gasteiger partial charge is 0.303 e. The second-order valence-electron chi connectivity index (χ2n) is 9.58. The number of nitrogens with zero attached hydrogens (tertiary/aromatic N) is 2. The molecule has 178 valence electrons. The Hall–Kier alpha value is -3.11. The number of H-pyrrole nitrogens is 1. The van der Waals surface area contributed by atoms with Crippen molar-refractivity contribution >= 4 is 56.0 Å². The van der Waals surface area contributed by atoms with Gasteiger partial charge in [0, 0.05) is 36.8 Å². The fourth-order valence-electron chi connectivity index (χ4n) is 6.38. The van der Waals surface area contributed by atoms with Gasteiger partial charge < -0.3 is 19.9 Å². The quantitative estimate of drug-likeness (QED) is 0.407. The number of fused-ring (bicyclic) bond motifs is 6. The molecular formula is C25H22N4O4S2. The van der Waals surface area contributed by atoms with Crippen LogP contribution in [0.3, 0.4) is 0 Å². The average molecular weight is 507 g/mol. The lowest BCUT2D eigenvalue weighted by Crippen LogP contribution is -2.77. The topological polar surface area (TPSA) is 94.7 Å². The van der Waals surface area contributed by atoms with Gasteiger partial charge in [0.2, 0.25) is 4.87 Å². The highest BCUT2D eigenvalue weighted by Gasteiger charge is 2.83. The minimum atomic E-state index is -1.41. The highest BCUT2D eigenvalue weighted by atomic mass is 33.1. The van der Waals surface area contributed by atoms with Crippen molar-refractivity contribution in [2.24, 2.45) is 0 Å². The van der Waals surface area contributed by atoms with Crippen LogP contribution in [0.1, 0.15) is 25.0 Å². The van der Waals surface area contributed by atoms with Crippen molar-refractivity contribution < 1.29 is 19.1 Å². The molecule has 5 atom stereocenters. The standard InChI is InChI=1S/C25H22N4O4S2/c1-13(30)33-19-24(16-12-26-17-10-6-4-8-14(16)17)15-9-5-7-11-18(15)27-20(24)29-21(31)23(2)28(3)22(32)25(19,29)35-34-23/h4-12,19-20,26-27H,1-3H3/t19-,20+,23-,24-,25-/m0/s1. The number of piperazine rings is 1.